The van der Waals surface area contributed by atoms with Gasteiger partial charge in [-0.15, -0.1) is 0 Å². The Morgan fingerprint density at radius 2 is 2.05 bits per heavy atom. The summed E-state index contributed by atoms with van der Waals surface area (Å²) in [5.41, 5.74) is 2.53. The smallest absolute Gasteiger partial charge is 0.255 e. The quantitative estimate of drug-likeness (QED) is 0.912. The van der Waals surface area contributed by atoms with E-state index in [4.69, 9.17) is 0 Å². The molecule has 0 aliphatic carbocycles. The second kappa shape index (κ2) is 5.48. The molecule has 0 fully saturated rings. The van der Waals surface area contributed by atoms with Gasteiger partial charge in [0.05, 0.1) is 4.47 Å². The third-order valence-electron chi connectivity index (χ3n) is 2.67. The molecule has 0 spiro atoms. The normalized spacial score (nSPS) is 10.3. The largest absolute Gasteiger partial charge is 0.322 e. The lowest BCUT2D eigenvalue weighted by atomic mass is 10.1. The van der Waals surface area contributed by atoms with Gasteiger partial charge in [0.25, 0.3) is 5.91 Å². The lowest BCUT2D eigenvalue weighted by Crippen LogP contribution is -2.13. The van der Waals surface area contributed by atoms with Gasteiger partial charge in [-0.05, 0) is 59.6 Å². The molecule has 5 heteroatoms. The number of rotatable bonds is 2. The van der Waals surface area contributed by atoms with Crippen molar-refractivity contribution in [2.45, 2.75) is 13.8 Å². The van der Waals surface area contributed by atoms with Gasteiger partial charge in [-0.1, -0.05) is 0 Å². The molecule has 1 amide bonds. The van der Waals surface area contributed by atoms with Crippen LogP contribution in [0, 0.1) is 19.7 Å². The zero-order valence-corrected chi connectivity index (χ0v) is 12.1. The van der Waals surface area contributed by atoms with Crippen LogP contribution in [0.15, 0.2) is 34.9 Å². The summed E-state index contributed by atoms with van der Waals surface area (Å²) in [5.74, 6) is -0.595. The predicted octanol–water partition coefficient (Wildman–Crippen LogP) is 3.85. The summed E-state index contributed by atoms with van der Waals surface area (Å²) < 4.78 is 13.6. The molecule has 1 aromatic heterocycles. The first kappa shape index (κ1) is 13.7. The zero-order chi connectivity index (χ0) is 14.0. The Bertz CT molecular complexity index is 643. The first-order valence-corrected chi connectivity index (χ1v) is 6.46. The molecular weight excluding hydrogens is 311 g/mol. The molecule has 0 bridgehead atoms. The summed E-state index contributed by atoms with van der Waals surface area (Å²) in [6.45, 7) is 3.56. The third-order valence-corrected chi connectivity index (χ3v) is 3.28. The Hall–Kier alpha value is -1.75. The molecular formula is C14H12BrFN2O. The molecule has 0 atom stereocenters. The van der Waals surface area contributed by atoms with E-state index in [1.165, 1.54) is 6.07 Å². The van der Waals surface area contributed by atoms with Crippen LogP contribution in [0.4, 0.5) is 10.1 Å². The van der Waals surface area contributed by atoms with Gasteiger partial charge >= 0.3 is 0 Å². The molecule has 2 rings (SSSR count). The van der Waals surface area contributed by atoms with Gasteiger partial charge in [-0.3, -0.25) is 9.78 Å². The summed E-state index contributed by atoms with van der Waals surface area (Å²) in [6, 6.07) is 6.26. The molecule has 0 saturated carbocycles. The van der Waals surface area contributed by atoms with Crippen molar-refractivity contribution in [1.82, 2.24) is 4.98 Å². The number of aryl methyl sites for hydroxylation is 2. The van der Waals surface area contributed by atoms with Crippen molar-refractivity contribution in [3.8, 4) is 0 Å². The standard InChI is InChI=1S/C14H12BrFN2O/c1-8-5-12(16)11(15)7-13(8)18-14(19)10-3-4-17-9(2)6-10/h3-7H,1-2H3,(H,18,19). The minimum Gasteiger partial charge on any atom is -0.322 e. The van der Waals surface area contributed by atoms with Gasteiger partial charge in [-0.25, -0.2) is 4.39 Å². The number of benzene rings is 1. The van der Waals surface area contributed by atoms with Crippen LogP contribution in [0.25, 0.3) is 0 Å². The molecule has 0 saturated heterocycles. The molecule has 0 aliphatic rings. The predicted molar refractivity (Wildman–Crippen MR) is 75.8 cm³/mol. The van der Waals surface area contributed by atoms with Crippen LogP contribution in [-0.2, 0) is 0 Å². The number of nitrogens with zero attached hydrogens (tertiary/aromatic N) is 1. The Balaban J connectivity index is 2.27. The first-order valence-electron chi connectivity index (χ1n) is 5.67. The van der Waals surface area contributed by atoms with Crippen molar-refractivity contribution >= 4 is 27.5 Å². The van der Waals surface area contributed by atoms with E-state index in [9.17, 15) is 9.18 Å². The summed E-state index contributed by atoms with van der Waals surface area (Å²) in [4.78, 5) is 16.1. The summed E-state index contributed by atoms with van der Waals surface area (Å²) in [6.07, 6.45) is 1.58. The lowest BCUT2D eigenvalue weighted by Gasteiger charge is -2.09. The second-order valence-corrected chi connectivity index (χ2v) is 5.08. The molecule has 3 nitrogen and oxygen atoms in total. The molecule has 0 unspecified atom stereocenters. The highest BCUT2D eigenvalue weighted by molar-refractivity contribution is 9.10. The highest BCUT2D eigenvalue weighted by atomic mass is 79.9. The van der Waals surface area contributed by atoms with Crippen LogP contribution in [0.3, 0.4) is 0 Å². The number of pyridine rings is 1. The zero-order valence-electron chi connectivity index (χ0n) is 10.5. The van der Waals surface area contributed by atoms with Gasteiger partial charge in [-0.2, -0.15) is 0 Å². The second-order valence-electron chi connectivity index (χ2n) is 4.22. The van der Waals surface area contributed by atoms with Gasteiger partial charge in [0.2, 0.25) is 0 Å². The lowest BCUT2D eigenvalue weighted by molar-refractivity contribution is 0.102. The fourth-order valence-corrected chi connectivity index (χ4v) is 2.01. The van der Waals surface area contributed by atoms with Crippen LogP contribution < -0.4 is 5.32 Å². The van der Waals surface area contributed by atoms with E-state index in [2.05, 4.69) is 26.2 Å². The monoisotopic (exact) mass is 322 g/mol. The number of aromatic nitrogens is 1. The van der Waals surface area contributed by atoms with Crippen LogP contribution in [0.1, 0.15) is 21.6 Å². The van der Waals surface area contributed by atoms with Gasteiger partial charge in [0.15, 0.2) is 0 Å². The average Bonchev–Trinajstić information content (AvgIpc) is 2.36. The van der Waals surface area contributed by atoms with Crippen LogP contribution in [-0.4, -0.2) is 10.9 Å². The van der Waals surface area contributed by atoms with Crippen LogP contribution >= 0.6 is 15.9 Å². The fourth-order valence-electron chi connectivity index (χ4n) is 1.66. The molecule has 98 valence electrons. The highest BCUT2D eigenvalue weighted by Crippen LogP contribution is 2.24. The van der Waals surface area contributed by atoms with Gasteiger partial charge in [0, 0.05) is 23.1 Å². The summed E-state index contributed by atoms with van der Waals surface area (Å²) in [7, 11) is 0. The number of amides is 1. The van der Waals surface area contributed by atoms with E-state index in [1.807, 2.05) is 6.92 Å². The molecule has 2 aromatic rings. The first-order chi connectivity index (χ1) is 8.97. The molecule has 19 heavy (non-hydrogen) atoms. The van der Waals surface area contributed by atoms with Crippen molar-refractivity contribution in [3.05, 3.63) is 57.6 Å². The topological polar surface area (TPSA) is 42.0 Å². The number of halogens is 2. The number of carbonyl (C=O) groups is 1. The maximum absolute atomic E-state index is 13.3. The van der Waals surface area contributed by atoms with Crippen molar-refractivity contribution < 1.29 is 9.18 Å². The Labute approximate surface area is 119 Å². The maximum Gasteiger partial charge on any atom is 0.255 e. The number of hydrogen-bond acceptors (Lipinski definition) is 2. The number of carbonyl (C=O) groups excluding carboxylic acids is 1. The number of hydrogen-bond donors (Lipinski definition) is 1. The van der Waals surface area contributed by atoms with Crippen molar-refractivity contribution in [2.75, 3.05) is 5.32 Å². The van der Waals surface area contributed by atoms with Gasteiger partial charge < -0.3 is 5.32 Å². The molecule has 1 heterocycles. The van der Waals surface area contributed by atoms with Crippen molar-refractivity contribution in [1.29, 1.82) is 0 Å². The Morgan fingerprint density at radius 1 is 1.32 bits per heavy atom. The van der Waals surface area contributed by atoms with Gasteiger partial charge in [0.1, 0.15) is 5.82 Å². The molecule has 1 N–H and O–H groups in total. The number of nitrogens with one attached hydrogen (secondary N) is 1. The van der Waals surface area contributed by atoms with E-state index in [0.29, 0.717) is 21.3 Å². The van der Waals surface area contributed by atoms with Crippen molar-refractivity contribution in [2.24, 2.45) is 0 Å². The van der Waals surface area contributed by atoms with E-state index < -0.39 is 0 Å². The highest BCUT2D eigenvalue weighted by Gasteiger charge is 2.10. The molecule has 0 radical (unpaired) electrons. The van der Waals surface area contributed by atoms with Crippen LogP contribution in [0.2, 0.25) is 0 Å². The summed E-state index contributed by atoms with van der Waals surface area (Å²) >= 11 is 3.10. The van der Waals surface area contributed by atoms with E-state index >= 15 is 0 Å². The van der Waals surface area contributed by atoms with E-state index in [0.717, 1.165) is 5.69 Å². The SMILES string of the molecule is Cc1cc(C(=O)Nc2cc(Br)c(F)cc2C)ccn1. The minimum absolute atomic E-state index is 0.243. The summed E-state index contributed by atoms with van der Waals surface area (Å²) in [5, 5.41) is 2.76. The molecule has 1 aromatic carbocycles. The Morgan fingerprint density at radius 3 is 2.74 bits per heavy atom. The Kier molecular flexibility index (Phi) is 3.95. The average molecular weight is 323 g/mol. The molecule has 0 aliphatic heterocycles. The van der Waals surface area contributed by atoms with Crippen LogP contribution in [0.5, 0.6) is 0 Å². The van der Waals surface area contributed by atoms with Crippen molar-refractivity contribution in [3.63, 3.8) is 0 Å². The van der Waals surface area contributed by atoms with E-state index in [1.54, 1.807) is 31.3 Å². The number of anilines is 1. The maximum atomic E-state index is 13.3. The van der Waals surface area contributed by atoms with E-state index in [-0.39, 0.29) is 11.7 Å². The fraction of sp³-hybridized carbons (Fsp3) is 0.143. The third kappa shape index (κ3) is 3.17. The minimum atomic E-state index is -0.352.